The Bertz CT molecular complexity index is 658. The first-order valence-electron chi connectivity index (χ1n) is 6.89. The molecule has 0 saturated heterocycles. The summed E-state index contributed by atoms with van der Waals surface area (Å²) in [5.74, 6) is -1.68. The first kappa shape index (κ1) is 16.5. The number of carbonyl (C=O) groups excluding carboxylic acids is 1. The smallest absolute Gasteiger partial charge is 0.230 e. The number of carbonyl (C=O) groups is 1. The Kier molecular flexibility index (Phi) is 5.55. The molecule has 116 valence electrons. The summed E-state index contributed by atoms with van der Waals surface area (Å²) in [6.07, 6.45) is 0. The summed E-state index contributed by atoms with van der Waals surface area (Å²) in [7, 11) is 0. The van der Waals surface area contributed by atoms with Crippen LogP contribution in [0.25, 0.3) is 0 Å². The third-order valence-electron chi connectivity index (χ3n) is 3.21. The van der Waals surface area contributed by atoms with Crippen LogP contribution in [0.3, 0.4) is 0 Å². The molecule has 22 heavy (non-hydrogen) atoms. The van der Waals surface area contributed by atoms with Gasteiger partial charge in [0.25, 0.3) is 0 Å². The average molecular weight is 321 g/mol. The average Bonchev–Trinajstić information content (AvgIpc) is 2.49. The molecule has 1 atom stereocenters. The molecule has 0 bridgehead atoms. The van der Waals surface area contributed by atoms with Crippen molar-refractivity contribution in [3.05, 3.63) is 65.2 Å². The lowest BCUT2D eigenvalue weighted by atomic mass is 10.1. The van der Waals surface area contributed by atoms with E-state index in [0.717, 1.165) is 17.0 Å². The molecule has 2 aromatic rings. The predicted octanol–water partition coefficient (Wildman–Crippen LogP) is 4.24. The summed E-state index contributed by atoms with van der Waals surface area (Å²) in [5, 5.41) is 2.78. The standard InChI is InChI=1S/C17H17F2NOS/c1-11-3-6-14(7-4-11)22-10-17(21)20-12(2)13-5-8-15(18)16(19)9-13/h3-9,12H,10H2,1-2H3,(H,20,21). The molecule has 1 amide bonds. The molecule has 2 nitrogen and oxygen atoms in total. The summed E-state index contributed by atoms with van der Waals surface area (Å²) in [4.78, 5) is 12.9. The summed E-state index contributed by atoms with van der Waals surface area (Å²) >= 11 is 1.43. The van der Waals surface area contributed by atoms with Gasteiger partial charge < -0.3 is 5.32 Å². The Hall–Kier alpha value is -1.88. The summed E-state index contributed by atoms with van der Waals surface area (Å²) < 4.78 is 26.1. The molecule has 1 unspecified atom stereocenters. The minimum atomic E-state index is -0.910. The maximum Gasteiger partial charge on any atom is 0.230 e. The third-order valence-corrected chi connectivity index (χ3v) is 4.22. The van der Waals surface area contributed by atoms with E-state index < -0.39 is 11.6 Å². The Morgan fingerprint density at radius 3 is 2.45 bits per heavy atom. The van der Waals surface area contributed by atoms with Crippen LogP contribution in [-0.2, 0) is 4.79 Å². The van der Waals surface area contributed by atoms with Gasteiger partial charge in [0.15, 0.2) is 11.6 Å². The number of halogens is 2. The molecule has 0 aliphatic carbocycles. The van der Waals surface area contributed by atoms with Crippen molar-refractivity contribution in [2.24, 2.45) is 0 Å². The van der Waals surface area contributed by atoms with Crippen LogP contribution in [0.2, 0.25) is 0 Å². The number of nitrogens with one attached hydrogen (secondary N) is 1. The Morgan fingerprint density at radius 1 is 1.14 bits per heavy atom. The van der Waals surface area contributed by atoms with Crippen LogP contribution in [0.1, 0.15) is 24.1 Å². The van der Waals surface area contributed by atoms with Gasteiger partial charge in [-0.2, -0.15) is 0 Å². The molecule has 0 aliphatic rings. The second kappa shape index (κ2) is 7.40. The molecular weight excluding hydrogens is 304 g/mol. The van der Waals surface area contributed by atoms with Gasteiger partial charge in [0, 0.05) is 4.90 Å². The van der Waals surface area contributed by atoms with Gasteiger partial charge in [-0.25, -0.2) is 8.78 Å². The summed E-state index contributed by atoms with van der Waals surface area (Å²) in [6, 6.07) is 11.2. The Morgan fingerprint density at radius 2 is 1.82 bits per heavy atom. The number of rotatable bonds is 5. The summed E-state index contributed by atoms with van der Waals surface area (Å²) in [5.41, 5.74) is 1.70. The van der Waals surface area contributed by atoms with Crippen molar-refractivity contribution >= 4 is 17.7 Å². The van der Waals surface area contributed by atoms with Gasteiger partial charge in [-0.1, -0.05) is 23.8 Å². The number of benzene rings is 2. The molecule has 0 fully saturated rings. The van der Waals surface area contributed by atoms with Crippen molar-refractivity contribution in [1.82, 2.24) is 5.32 Å². The number of hydrogen-bond acceptors (Lipinski definition) is 2. The van der Waals surface area contributed by atoms with E-state index >= 15 is 0 Å². The normalized spacial score (nSPS) is 12.0. The van der Waals surface area contributed by atoms with Crippen molar-refractivity contribution < 1.29 is 13.6 Å². The fraction of sp³-hybridized carbons (Fsp3) is 0.235. The van der Waals surface area contributed by atoms with Crippen molar-refractivity contribution in [1.29, 1.82) is 0 Å². The van der Waals surface area contributed by atoms with Crippen LogP contribution in [0.15, 0.2) is 47.4 Å². The molecule has 0 heterocycles. The molecule has 2 rings (SSSR count). The van der Waals surface area contributed by atoms with E-state index in [1.165, 1.54) is 23.4 Å². The minimum Gasteiger partial charge on any atom is -0.349 e. The highest BCUT2D eigenvalue weighted by Crippen LogP contribution is 2.19. The maximum absolute atomic E-state index is 13.2. The van der Waals surface area contributed by atoms with E-state index in [4.69, 9.17) is 0 Å². The van der Waals surface area contributed by atoms with Gasteiger partial charge in [-0.05, 0) is 43.7 Å². The molecule has 0 saturated carbocycles. The lowest BCUT2D eigenvalue weighted by Crippen LogP contribution is -2.28. The monoisotopic (exact) mass is 321 g/mol. The fourth-order valence-electron chi connectivity index (χ4n) is 1.93. The molecule has 0 radical (unpaired) electrons. The minimum absolute atomic E-state index is 0.150. The predicted molar refractivity (Wildman–Crippen MR) is 84.8 cm³/mol. The van der Waals surface area contributed by atoms with Crippen molar-refractivity contribution in [3.63, 3.8) is 0 Å². The number of thioether (sulfide) groups is 1. The largest absolute Gasteiger partial charge is 0.349 e. The van der Waals surface area contributed by atoms with Crippen molar-refractivity contribution in [2.45, 2.75) is 24.8 Å². The van der Waals surface area contributed by atoms with Gasteiger partial charge in [0.1, 0.15) is 0 Å². The second-order valence-electron chi connectivity index (χ2n) is 5.06. The quantitative estimate of drug-likeness (QED) is 0.835. The first-order chi connectivity index (χ1) is 10.5. The van der Waals surface area contributed by atoms with Crippen LogP contribution in [0.4, 0.5) is 8.78 Å². The molecular formula is C17H17F2NOS. The molecule has 5 heteroatoms. The number of hydrogen-bond donors (Lipinski definition) is 1. The maximum atomic E-state index is 13.2. The SMILES string of the molecule is Cc1ccc(SCC(=O)NC(C)c2ccc(F)c(F)c2)cc1. The zero-order valence-electron chi connectivity index (χ0n) is 12.4. The van der Waals surface area contributed by atoms with E-state index in [1.54, 1.807) is 6.92 Å². The van der Waals surface area contributed by atoms with E-state index in [2.05, 4.69) is 5.32 Å². The lowest BCUT2D eigenvalue weighted by molar-refractivity contribution is -0.119. The van der Waals surface area contributed by atoms with Gasteiger partial charge in [-0.15, -0.1) is 11.8 Å². The Labute approximate surface area is 132 Å². The highest BCUT2D eigenvalue weighted by atomic mass is 32.2. The van der Waals surface area contributed by atoms with Crippen molar-refractivity contribution in [3.8, 4) is 0 Å². The Balaban J connectivity index is 1.88. The van der Waals surface area contributed by atoms with E-state index in [9.17, 15) is 13.6 Å². The molecule has 1 N–H and O–H groups in total. The zero-order valence-corrected chi connectivity index (χ0v) is 13.2. The van der Waals surface area contributed by atoms with E-state index in [1.807, 2.05) is 31.2 Å². The topological polar surface area (TPSA) is 29.1 Å². The lowest BCUT2D eigenvalue weighted by Gasteiger charge is -2.14. The molecule has 2 aromatic carbocycles. The zero-order chi connectivity index (χ0) is 16.1. The fourth-order valence-corrected chi connectivity index (χ4v) is 2.64. The van der Waals surface area contributed by atoms with Crippen LogP contribution in [0, 0.1) is 18.6 Å². The van der Waals surface area contributed by atoms with Gasteiger partial charge in [-0.3, -0.25) is 4.79 Å². The highest BCUT2D eigenvalue weighted by molar-refractivity contribution is 8.00. The number of amides is 1. The third kappa shape index (κ3) is 4.56. The second-order valence-corrected chi connectivity index (χ2v) is 6.11. The number of aryl methyl sites for hydroxylation is 1. The summed E-state index contributed by atoms with van der Waals surface area (Å²) in [6.45, 7) is 3.74. The van der Waals surface area contributed by atoms with Gasteiger partial charge in [0.2, 0.25) is 5.91 Å². The van der Waals surface area contributed by atoms with Crippen LogP contribution in [-0.4, -0.2) is 11.7 Å². The van der Waals surface area contributed by atoms with E-state index in [0.29, 0.717) is 5.56 Å². The van der Waals surface area contributed by atoms with Crippen LogP contribution >= 0.6 is 11.8 Å². The molecule has 0 aliphatic heterocycles. The van der Waals surface area contributed by atoms with Gasteiger partial charge >= 0.3 is 0 Å². The molecule has 0 aromatic heterocycles. The van der Waals surface area contributed by atoms with Crippen molar-refractivity contribution in [2.75, 3.05) is 5.75 Å². The van der Waals surface area contributed by atoms with Crippen LogP contribution < -0.4 is 5.32 Å². The molecule has 0 spiro atoms. The first-order valence-corrected chi connectivity index (χ1v) is 7.88. The van der Waals surface area contributed by atoms with Gasteiger partial charge in [0.05, 0.1) is 11.8 Å². The van der Waals surface area contributed by atoms with Crippen LogP contribution in [0.5, 0.6) is 0 Å². The highest BCUT2D eigenvalue weighted by Gasteiger charge is 2.12. The van der Waals surface area contributed by atoms with E-state index in [-0.39, 0.29) is 17.7 Å².